The van der Waals surface area contributed by atoms with Crippen LogP contribution in [0.25, 0.3) is 82.1 Å². The van der Waals surface area contributed by atoms with Gasteiger partial charge in [-0.05, 0) is 93.3 Å². The van der Waals surface area contributed by atoms with Crippen LogP contribution in [0.1, 0.15) is 0 Å². The van der Waals surface area contributed by atoms with E-state index in [9.17, 15) is 0 Å². The Labute approximate surface area is 306 Å². The number of anilines is 3. The smallest absolute Gasteiger partial charge is 0.135 e. The van der Waals surface area contributed by atoms with Gasteiger partial charge in [-0.15, -0.1) is 0 Å². The monoisotopic (exact) mass is 676 g/mol. The first-order chi connectivity index (χ1) is 26.3. The summed E-state index contributed by atoms with van der Waals surface area (Å²) in [7, 11) is 0. The highest BCUT2D eigenvalue weighted by molar-refractivity contribution is 6.29. The predicted octanol–water partition coefficient (Wildman–Crippen LogP) is 14.1. The summed E-state index contributed by atoms with van der Waals surface area (Å²) in [4.78, 5) is 2.41. The number of hydrogen-bond donors (Lipinski definition) is 0. The Morgan fingerprint density at radius 2 is 1.04 bits per heavy atom. The van der Waals surface area contributed by atoms with Gasteiger partial charge in [0.25, 0.3) is 0 Å². The van der Waals surface area contributed by atoms with E-state index in [2.05, 4.69) is 191 Å². The second-order valence-electron chi connectivity index (χ2n) is 13.7. The highest BCUT2D eigenvalue weighted by Crippen LogP contribution is 2.47. The summed E-state index contributed by atoms with van der Waals surface area (Å²) >= 11 is 0. The minimum atomic E-state index is 0.879. The van der Waals surface area contributed by atoms with Crippen LogP contribution in [0.4, 0.5) is 17.1 Å². The second kappa shape index (κ2) is 11.7. The van der Waals surface area contributed by atoms with Crippen molar-refractivity contribution in [3.63, 3.8) is 0 Å². The summed E-state index contributed by atoms with van der Waals surface area (Å²) in [5.41, 5.74) is 10.8. The maximum absolute atomic E-state index is 6.30. The molecule has 0 N–H and O–H groups in total. The van der Waals surface area contributed by atoms with E-state index in [4.69, 9.17) is 4.42 Å². The number of para-hydroxylation sites is 3. The minimum Gasteiger partial charge on any atom is -0.456 e. The lowest BCUT2D eigenvalue weighted by molar-refractivity contribution is 0.669. The Bertz CT molecular complexity index is 3160. The molecule has 2 aromatic heterocycles. The van der Waals surface area contributed by atoms with Gasteiger partial charge in [-0.25, -0.2) is 0 Å². The molecule has 2 heterocycles. The van der Waals surface area contributed by atoms with Crippen LogP contribution in [-0.2, 0) is 0 Å². The van der Waals surface area contributed by atoms with E-state index < -0.39 is 0 Å². The zero-order valence-electron chi connectivity index (χ0n) is 28.8. The van der Waals surface area contributed by atoms with Gasteiger partial charge in [-0.1, -0.05) is 133 Å². The fourth-order valence-electron chi connectivity index (χ4n) is 8.37. The molecule has 11 aromatic rings. The highest BCUT2D eigenvalue weighted by Gasteiger charge is 2.24. The number of nitrogens with zero attached hydrogens (tertiary/aromatic N) is 2. The molecular formula is C50H32N2O. The minimum absolute atomic E-state index is 0.879. The van der Waals surface area contributed by atoms with Crippen LogP contribution in [0.15, 0.2) is 199 Å². The number of rotatable bonds is 5. The van der Waals surface area contributed by atoms with Gasteiger partial charge in [0.15, 0.2) is 0 Å². The van der Waals surface area contributed by atoms with Crippen LogP contribution in [0.2, 0.25) is 0 Å². The van der Waals surface area contributed by atoms with Gasteiger partial charge < -0.3 is 13.9 Å². The van der Waals surface area contributed by atoms with Gasteiger partial charge in [0, 0.05) is 38.6 Å². The SMILES string of the molecule is c1ccc(-c2ccc(N(c3ccc4oc5ccccc5c4c3)c3cccc4c5c6c(ccc7ccccc76)ccc5n(-c5ccccc5)c34)cc2)cc1. The van der Waals surface area contributed by atoms with Crippen LogP contribution in [0.3, 0.4) is 0 Å². The molecule has 0 unspecified atom stereocenters. The van der Waals surface area contributed by atoms with Crippen LogP contribution < -0.4 is 4.90 Å². The van der Waals surface area contributed by atoms with Gasteiger partial charge in [0.05, 0.1) is 16.7 Å². The van der Waals surface area contributed by atoms with Crippen LogP contribution in [0.5, 0.6) is 0 Å². The molecule has 0 atom stereocenters. The lowest BCUT2D eigenvalue weighted by atomic mass is 9.97. The van der Waals surface area contributed by atoms with Crippen LogP contribution >= 0.6 is 0 Å². The summed E-state index contributed by atoms with van der Waals surface area (Å²) in [6.45, 7) is 0. The molecule has 0 aliphatic heterocycles. The lowest BCUT2D eigenvalue weighted by Crippen LogP contribution is -2.11. The van der Waals surface area contributed by atoms with E-state index in [0.29, 0.717) is 0 Å². The van der Waals surface area contributed by atoms with Gasteiger partial charge in [0.1, 0.15) is 11.2 Å². The van der Waals surface area contributed by atoms with Crippen molar-refractivity contribution in [1.82, 2.24) is 4.57 Å². The summed E-state index contributed by atoms with van der Waals surface area (Å²) < 4.78 is 8.76. The molecule has 0 amide bonds. The Kier molecular flexibility index (Phi) is 6.55. The summed E-state index contributed by atoms with van der Waals surface area (Å²) in [5, 5.41) is 9.70. The topological polar surface area (TPSA) is 21.3 Å². The molecule has 3 nitrogen and oxygen atoms in total. The predicted molar refractivity (Wildman–Crippen MR) is 223 cm³/mol. The van der Waals surface area contributed by atoms with Crippen molar-refractivity contribution in [3.8, 4) is 16.8 Å². The van der Waals surface area contributed by atoms with Crippen molar-refractivity contribution in [2.45, 2.75) is 0 Å². The molecule has 0 fully saturated rings. The molecule has 0 radical (unpaired) electrons. The summed E-state index contributed by atoms with van der Waals surface area (Å²) in [5.74, 6) is 0. The Morgan fingerprint density at radius 3 is 1.89 bits per heavy atom. The number of aromatic nitrogens is 1. The molecule has 11 rings (SSSR count). The van der Waals surface area contributed by atoms with Crippen LogP contribution in [-0.4, -0.2) is 4.57 Å². The van der Waals surface area contributed by atoms with Crippen molar-refractivity contribution in [3.05, 3.63) is 194 Å². The van der Waals surface area contributed by atoms with E-state index in [1.165, 1.54) is 49.0 Å². The molecule has 0 saturated heterocycles. The first kappa shape index (κ1) is 29.6. The van der Waals surface area contributed by atoms with Gasteiger partial charge >= 0.3 is 0 Å². The average molecular weight is 677 g/mol. The Morgan fingerprint density at radius 1 is 0.396 bits per heavy atom. The third-order valence-corrected chi connectivity index (χ3v) is 10.7. The molecule has 0 spiro atoms. The molecule has 0 aliphatic carbocycles. The quantitative estimate of drug-likeness (QED) is 0.169. The third kappa shape index (κ3) is 4.61. The Balaban J connectivity index is 1.25. The highest BCUT2D eigenvalue weighted by atomic mass is 16.3. The fraction of sp³-hybridized carbons (Fsp3) is 0. The third-order valence-electron chi connectivity index (χ3n) is 10.7. The van der Waals surface area contributed by atoms with E-state index >= 15 is 0 Å². The Hall–Kier alpha value is -7.10. The standard InChI is InChI=1S/C50H32N2O/c1-3-12-33(13-4-1)34-24-27-38(28-25-34)51(39-29-31-47-43(32-39)41-18-9-10-21-46(41)53-47)45-20-11-19-42-49-44(52(50(42)45)37-15-5-2-6-16-37)30-26-36-23-22-35-14-7-8-17-40(35)48(36)49/h1-32H. The normalized spacial score (nSPS) is 11.8. The van der Waals surface area contributed by atoms with E-state index in [1.54, 1.807) is 0 Å². The zero-order valence-corrected chi connectivity index (χ0v) is 28.8. The number of fused-ring (bicyclic) bond motifs is 10. The maximum Gasteiger partial charge on any atom is 0.135 e. The van der Waals surface area contributed by atoms with Crippen molar-refractivity contribution >= 4 is 82.4 Å². The first-order valence-corrected chi connectivity index (χ1v) is 18.1. The molecule has 9 aromatic carbocycles. The molecular weight excluding hydrogens is 645 g/mol. The lowest BCUT2D eigenvalue weighted by Gasteiger charge is -2.27. The number of hydrogen-bond acceptors (Lipinski definition) is 2. The molecule has 3 heteroatoms. The molecule has 0 aliphatic rings. The number of benzene rings is 9. The number of furan rings is 1. The average Bonchev–Trinajstić information content (AvgIpc) is 3.78. The van der Waals surface area contributed by atoms with Gasteiger partial charge in [-0.3, -0.25) is 0 Å². The molecule has 0 bridgehead atoms. The maximum atomic E-state index is 6.30. The molecule has 248 valence electrons. The largest absolute Gasteiger partial charge is 0.456 e. The molecule has 0 saturated carbocycles. The zero-order chi connectivity index (χ0) is 34.9. The summed E-state index contributed by atoms with van der Waals surface area (Å²) in [6, 6.07) is 69.8. The fourth-order valence-corrected chi connectivity index (χ4v) is 8.37. The van der Waals surface area contributed by atoms with Crippen molar-refractivity contribution in [2.75, 3.05) is 4.90 Å². The van der Waals surface area contributed by atoms with Crippen molar-refractivity contribution in [1.29, 1.82) is 0 Å². The van der Waals surface area contributed by atoms with Crippen LogP contribution in [0, 0.1) is 0 Å². The van der Waals surface area contributed by atoms with E-state index in [0.717, 1.165) is 50.2 Å². The molecule has 53 heavy (non-hydrogen) atoms. The van der Waals surface area contributed by atoms with E-state index in [1.807, 2.05) is 12.1 Å². The van der Waals surface area contributed by atoms with Crippen molar-refractivity contribution in [2.24, 2.45) is 0 Å². The van der Waals surface area contributed by atoms with Gasteiger partial charge in [0.2, 0.25) is 0 Å². The van der Waals surface area contributed by atoms with Crippen molar-refractivity contribution < 1.29 is 4.42 Å². The summed E-state index contributed by atoms with van der Waals surface area (Å²) in [6.07, 6.45) is 0. The van der Waals surface area contributed by atoms with Gasteiger partial charge in [-0.2, -0.15) is 0 Å². The second-order valence-corrected chi connectivity index (χ2v) is 13.7. The first-order valence-electron chi connectivity index (χ1n) is 18.1. The van der Waals surface area contributed by atoms with E-state index in [-0.39, 0.29) is 0 Å².